The maximum Gasteiger partial charge on any atom is 0.220 e. The van der Waals surface area contributed by atoms with E-state index in [1.807, 2.05) is 24.4 Å². The molecule has 2 fully saturated rings. The van der Waals surface area contributed by atoms with Gasteiger partial charge in [0.05, 0.1) is 7.11 Å². The molecular weight excluding hydrogens is 334 g/mol. The Kier molecular flexibility index (Phi) is 4.48. The van der Waals surface area contributed by atoms with E-state index in [1.165, 1.54) is 4.88 Å². The number of likely N-dealkylation sites (tertiary alicyclic amines) is 1. The van der Waals surface area contributed by atoms with Crippen LogP contribution in [0.1, 0.15) is 24.1 Å². The lowest BCUT2D eigenvalue weighted by atomic mass is 9.78. The molecule has 25 heavy (non-hydrogen) atoms. The number of carbonyl (C=O) groups is 1. The quantitative estimate of drug-likeness (QED) is 0.914. The first-order valence-corrected chi connectivity index (χ1v) is 9.56. The zero-order chi connectivity index (χ0) is 17.3. The third-order valence-electron chi connectivity index (χ3n) is 5.36. The third-order valence-corrected chi connectivity index (χ3v) is 6.39. The number of piperidine rings is 1. The molecule has 2 aromatic rings. The summed E-state index contributed by atoms with van der Waals surface area (Å²) < 4.78 is 5.30. The first-order chi connectivity index (χ1) is 12.2. The van der Waals surface area contributed by atoms with E-state index >= 15 is 0 Å². The van der Waals surface area contributed by atoms with E-state index in [9.17, 15) is 4.79 Å². The second-order valence-corrected chi connectivity index (χ2v) is 8.21. The van der Waals surface area contributed by atoms with E-state index in [0.717, 1.165) is 55.3 Å². The zero-order valence-corrected chi connectivity index (χ0v) is 15.3. The lowest BCUT2D eigenvalue weighted by Crippen LogP contribution is -2.40. The van der Waals surface area contributed by atoms with E-state index in [1.54, 1.807) is 18.4 Å². The number of hydrogen-bond donors (Lipinski definition) is 1. The van der Waals surface area contributed by atoms with Crippen LogP contribution in [0.2, 0.25) is 0 Å². The summed E-state index contributed by atoms with van der Waals surface area (Å²) in [4.78, 5) is 19.9. The first kappa shape index (κ1) is 16.5. The predicted octanol–water partition coefficient (Wildman–Crippen LogP) is 2.92. The summed E-state index contributed by atoms with van der Waals surface area (Å²) in [5.74, 6) is 1.08. The van der Waals surface area contributed by atoms with Crippen molar-refractivity contribution in [1.82, 2.24) is 15.2 Å². The average Bonchev–Trinajstić information content (AvgIpc) is 3.24. The van der Waals surface area contributed by atoms with Gasteiger partial charge in [0.15, 0.2) is 0 Å². The van der Waals surface area contributed by atoms with Crippen LogP contribution in [0.15, 0.2) is 30.5 Å². The zero-order valence-electron chi connectivity index (χ0n) is 14.5. The number of thiazole rings is 1. The van der Waals surface area contributed by atoms with Gasteiger partial charge in [0.1, 0.15) is 10.8 Å². The Labute approximate surface area is 152 Å². The van der Waals surface area contributed by atoms with E-state index in [-0.39, 0.29) is 11.3 Å². The smallest absolute Gasteiger partial charge is 0.220 e. The van der Waals surface area contributed by atoms with Crippen molar-refractivity contribution in [3.8, 4) is 16.3 Å². The highest BCUT2D eigenvalue weighted by atomic mass is 32.1. The summed E-state index contributed by atoms with van der Waals surface area (Å²) >= 11 is 1.75. The fourth-order valence-corrected chi connectivity index (χ4v) is 4.73. The van der Waals surface area contributed by atoms with Crippen molar-refractivity contribution in [2.24, 2.45) is 5.41 Å². The molecule has 0 aliphatic carbocycles. The second kappa shape index (κ2) is 6.77. The minimum atomic E-state index is 0.215. The minimum absolute atomic E-state index is 0.215. The molecule has 2 aliphatic rings. The van der Waals surface area contributed by atoms with Crippen LogP contribution in [0.25, 0.3) is 10.6 Å². The number of carbonyl (C=O) groups excluding carboxylic acids is 1. The fourth-order valence-electron chi connectivity index (χ4n) is 3.78. The van der Waals surface area contributed by atoms with Gasteiger partial charge in [0.25, 0.3) is 0 Å². The van der Waals surface area contributed by atoms with E-state index < -0.39 is 0 Å². The fraction of sp³-hybridized carbons (Fsp3) is 0.474. The Bertz CT molecular complexity index is 766. The monoisotopic (exact) mass is 357 g/mol. The number of ether oxygens (including phenoxy) is 1. The molecule has 1 N–H and O–H groups in total. The van der Waals surface area contributed by atoms with Gasteiger partial charge in [-0.3, -0.25) is 9.69 Å². The maximum atomic E-state index is 11.5. The van der Waals surface area contributed by atoms with Gasteiger partial charge in [-0.25, -0.2) is 4.98 Å². The van der Waals surface area contributed by atoms with Crippen molar-refractivity contribution in [3.05, 3.63) is 35.3 Å². The van der Waals surface area contributed by atoms with Crippen LogP contribution in [0.3, 0.4) is 0 Å². The topological polar surface area (TPSA) is 54.5 Å². The Morgan fingerprint density at radius 3 is 2.92 bits per heavy atom. The number of nitrogens with zero attached hydrogens (tertiary/aromatic N) is 2. The normalized spacial score (nSPS) is 20.0. The largest absolute Gasteiger partial charge is 0.497 e. The van der Waals surface area contributed by atoms with Crippen LogP contribution < -0.4 is 10.1 Å². The Morgan fingerprint density at radius 1 is 1.36 bits per heavy atom. The van der Waals surface area contributed by atoms with E-state index in [0.29, 0.717) is 6.42 Å². The minimum Gasteiger partial charge on any atom is -0.497 e. The summed E-state index contributed by atoms with van der Waals surface area (Å²) in [6.07, 6.45) is 4.91. The highest BCUT2D eigenvalue weighted by molar-refractivity contribution is 7.15. The highest BCUT2D eigenvalue weighted by Gasteiger charge is 2.40. The van der Waals surface area contributed by atoms with Crippen molar-refractivity contribution in [2.45, 2.75) is 25.8 Å². The van der Waals surface area contributed by atoms with Gasteiger partial charge in [-0.2, -0.15) is 0 Å². The van der Waals surface area contributed by atoms with Crippen molar-refractivity contribution in [1.29, 1.82) is 0 Å². The van der Waals surface area contributed by atoms with Gasteiger partial charge >= 0.3 is 0 Å². The molecule has 0 bridgehead atoms. The molecule has 3 heterocycles. The van der Waals surface area contributed by atoms with Crippen molar-refractivity contribution >= 4 is 17.2 Å². The average molecular weight is 357 g/mol. The van der Waals surface area contributed by atoms with Gasteiger partial charge in [0, 0.05) is 36.1 Å². The molecule has 6 heteroatoms. The number of hydrogen-bond acceptors (Lipinski definition) is 5. The van der Waals surface area contributed by atoms with Crippen molar-refractivity contribution < 1.29 is 9.53 Å². The van der Waals surface area contributed by atoms with Crippen LogP contribution >= 0.6 is 11.3 Å². The van der Waals surface area contributed by atoms with Crippen LogP contribution in [0.4, 0.5) is 0 Å². The van der Waals surface area contributed by atoms with Crippen LogP contribution in [-0.2, 0) is 11.3 Å². The Balaban J connectivity index is 1.38. The standard InChI is InChI=1S/C19H23N3O2S/c1-24-15-4-2-3-14(9-15)18-20-11-16(25-18)12-22-7-5-19(6-8-22)10-17(23)21-13-19/h2-4,9,11H,5-8,10,12-13H2,1H3,(H,21,23). The number of benzene rings is 1. The van der Waals surface area contributed by atoms with Crippen LogP contribution in [-0.4, -0.2) is 42.5 Å². The third kappa shape index (κ3) is 3.55. The number of rotatable bonds is 4. The lowest BCUT2D eigenvalue weighted by molar-refractivity contribution is -0.119. The molecule has 4 rings (SSSR count). The number of methoxy groups -OCH3 is 1. The SMILES string of the molecule is COc1cccc(-c2ncc(CN3CCC4(CC3)CNC(=O)C4)s2)c1. The van der Waals surface area contributed by atoms with Crippen molar-refractivity contribution in [2.75, 3.05) is 26.7 Å². The summed E-state index contributed by atoms with van der Waals surface area (Å²) in [5, 5.41) is 4.03. The second-order valence-electron chi connectivity index (χ2n) is 7.09. The number of amides is 1. The highest BCUT2D eigenvalue weighted by Crippen LogP contribution is 2.38. The Morgan fingerprint density at radius 2 is 2.20 bits per heavy atom. The van der Waals surface area contributed by atoms with Crippen LogP contribution in [0, 0.1) is 5.41 Å². The van der Waals surface area contributed by atoms with Gasteiger partial charge < -0.3 is 10.1 Å². The first-order valence-electron chi connectivity index (χ1n) is 8.74. The Hall–Kier alpha value is -1.92. The molecule has 1 aromatic carbocycles. The van der Waals surface area contributed by atoms with Gasteiger partial charge in [-0.15, -0.1) is 11.3 Å². The maximum absolute atomic E-state index is 11.5. The summed E-state index contributed by atoms with van der Waals surface area (Å²) in [7, 11) is 1.68. The summed E-state index contributed by atoms with van der Waals surface area (Å²) in [6, 6.07) is 8.04. The molecule has 1 amide bonds. The molecule has 2 saturated heterocycles. The molecule has 0 unspecified atom stereocenters. The molecule has 1 aromatic heterocycles. The summed E-state index contributed by atoms with van der Waals surface area (Å²) in [5.41, 5.74) is 1.32. The molecule has 1 spiro atoms. The van der Waals surface area contributed by atoms with Gasteiger partial charge in [-0.1, -0.05) is 12.1 Å². The molecule has 5 nitrogen and oxygen atoms in total. The molecule has 0 saturated carbocycles. The lowest BCUT2D eigenvalue weighted by Gasteiger charge is -2.37. The van der Waals surface area contributed by atoms with Crippen molar-refractivity contribution in [3.63, 3.8) is 0 Å². The number of aromatic nitrogens is 1. The molecular formula is C19H23N3O2S. The van der Waals surface area contributed by atoms with Gasteiger partial charge in [0.2, 0.25) is 5.91 Å². The van der Waals surface area contributed by atoms with Gasteiger partial charge in [-0.05, 0) is 43.5 Å². The summed E-state index contributed by atoms with van der Waals surface area (Å²) in [6.45, 7) is 3.92. The van der Waals surface area contributed by atoms with E-state index in [2.05, 4.69) is 21.3 Å². The molecule has 132 valence electrons. The van der Waals surface area contributed by atoms with E-state index in [4.69, 9.17) is 4.74 Å². The predicted molar refractivity (Wildman–Crippen MR) is 98.7 cm³/mol. The van der Waals surface area contributed by atoms with Crippen LogP contribution in [0.5, 0.6) is 5.75 Å². The molecule has 0 radical (unpaired) electrons. The number of nitrogens with one attached hydrogen (secondary N) is 1. The molecule has 0 atom stereocenters. The molecule has 2 aliphatic heterocycles.